The van der Waals surface area contributed by atoms with Gasteiger partial charge in [0, 0.05) is 15.6 Å². The maximum Gasteiger partial charge on any atom is 0.419 e. The molecule has 2 aromatic rings. The summed E-state index contributed by atoms with van der Waals surface area (Å²) in [5.74, 6) is -1.99. The molecule has 110 valence electrons. The molecular formula is C15H9BrF4O. The first-order chi connectivity index (χ1) is 9.70. The van der Waals surface area contributed by atoms with Crippen molar-refractivity contribution in [3.05, 3.63) is 68.9 Å². The third-order valence-corrected chi connectivity index (χ3v) is 3.85. The zero-order valence-electron chi connectivity index (χ0n) is 10.8. The highest BCUT2D eigenvalue weighted by molar-refractivity contribution is 9.10. The summed E-state index contributed by atoms with van der Waals surface area (Å²) < 4.78 is 51.7. The van der Waals surface area contributed by atoms with Crippen molar-refractivity contribution in [3.8, 4) is 0 Å². The lowest BCUT2D eigenvalue weighted by molar-refractivity contribution is -0.140. The van der Waals surface area contributed by atoms with E-state index in [2.05, 4.69) is 15.9 Å². The molecule has 0 spiro atoms. The van der Waals surface area contributed by atoms with Crippen molar-refractivity contribution in [3.63, 3.8) is 0 Å². The number of hydrogen-bond acceptors (Lipinski definition) is 1. The molecule has 1 nitrogen and oxygen atoms in total. The van der Waals surface area contributed by atoms with E-state index in [-0.39, 0.29) is 11.1 Å². The van der Waals surface area contributed by atoms with Crippen molar-refractivity contribution in [1.82, 2.24) is 0 Å². The van der Waals surface area contributed by atoms with Gasteiger partial charge in [-0.05, 0) is 42.8 Å². The van der Waals surface area contributed by atoms with Crippen LogP contribution < -0.4 is 0 Å². The van der Waals surface area contributed by atoms with Gasteiger partial charge in [-0.1, -0.05) is 22.0 Å². The van der Waals surface area contributed by atoms with Gasteiger partial charge in [0.15, 0.2) is 5.78 Å². The molecule has 0 radical (unpaired) electrons. The molecule has 0 saturated heterocycles. The van der Waals surface area contributed by atoms with Crippen molar-refractivity contribution >= 4 is 21.7 Å². The van der Waals surface area contributed by atoms with E-state index >= 15 is 0 Å². The largest absolute Gasteiger partial charge is 0.419 e. The van der Waals surface area contributed by atoms with Gasteiger partial charge < -0.3 is 0 Å². The Morgan fingerprint density at radius 3 is 2.14 bits per heavy atom. The van der Waals surface area contributed by atoms with Gasteiger partial charge in [-0.15, -0.1) is 0 Å². The molecule has 2 rings (SSSR count). The Balaban J connectivity index is 2.40. The Labute approximate surface area is 126 Å². The Bertz CT molecular complexity index is 707. The average molecular weight is 361 g/mol. The molecular weight excluding hydrogens is 352 g/mol. The monoisotopic (exact) mass is 360 g/mol. The first kappa shape index (κ1) is 15.7. The van der Waals surface area contributed by atoms with E-state index < -0.39 is 23.3 Å². The summed E-state index contributed by atoms with van der Waals surface area (Å²) in [4.78, 5) is 12.2. The van der Waals surface area contributed by atoms with E-state index in [0.717, 1.165) is 16.1 Å². The van der Waals surface area contributed by atoms with Gasteiger partial charge in [0.2, 0.25) is 0 Å². The number of aryl methyl sites for hydroxylation is 1. The predicted molar refractivity (Wildman–Crippen MR) is 73.7 cm³/mol. The number of hydrogen-bond donors (Lipinski definition) is 0. The summed E-state index contributed by atoms with van der Waals surface area (Å²) in [6.07, 6.45) is -4.78. The molecule has 0 bridgehead atoms. The van der Waals surface area contributed by atoms with Gasteiger partial charge in [0.25, 0.3) is 0 Å². The Morgan fingerprint density at radius 1 is 1.05 bits per heavy atom. The molecule has 0 aliphatic heterocycles. The average Bonchev–Trinajstić information content (AvgIpc) is 2.39. The van der Waals surface area contributed by atoms with E-state index in [4.69, 9.17) is 0 Å². The normalized spacial score (nSPS) is 11.5. The summed E-state index contributed by atoms with van der Waals surface area (Å²) in [5, 5.41) is 0. The SMILES string of the molecule is Cc1cc(C(=O)c2ccc(C(F)(F)F)c(F)c2)ccc1Br. The molecule has 0 atom stereocenters. The highest BCUT2D eigenvalue weighted by Crippen LogP contribution is 2.32. The molecule has 0 aromatic heterocycles. The minimum atomic E-state index is -4.78. The molecule has 0 amide bonds. The molecule has 0 N–H and O–H groups in total. The molecule has 0 unspecified atom stereocenters. The minimum absolute atomic E-state index is 0.123. The van der Waals surface area contributed by atoms with Crippen molar-refractivity contribution in [1.29, 1.82) is 0 Å². The van der Waals surface area contributed by atoms with Crippen LogP contribution in [0.4, 0.5) is 17.6 Å². The summed E-state index contributed by atoms with van der Waals surface area (Å²) in [6, 6.07) is 6.93. The standard InChI is InChI=1S/C15H9BrF4O/c1-8-6-9(3-5-12(8)16)14(21)10-2-4-11(13(17)7-10)15(18,19)20/h2-7H,1H3. The smallest absolute Gasteiger partial charge is 0.289 e. The molecule has 0 aliphatic carbocycles. The summed E-state index contributed by atoms with van der Waals surface area (Å²) in [5.41, 5.74) is -0.420. The summed E-state index contributed by atoms with van der Waals surface area (Å²) >= 11 is 3.28. The van der Waals surface area contributed by atoms with E-state index in [1.807, 2.05) is 0 Å². The lowest BCUT2D eigenvalue weighted by Gasteiger charge is -2.09. The van der Waals surface area contributed by atoms with Crippen LogP contribution in [0.2, 0.25) is 0 Å². The Kier molecular flexibility index (Phi) is 4.18. The van der Waals surface area contributed by atoms with Crippen molar-refractivity contribution in [2.45, 2.75) is 13.1 Å². The van der Waals surface area contributed by atoms with Crippen molar-refractivity contribution < 1.29 is 22.4 Å². The zero-order valence-corrected chi connectivity index (χ0v) is 12.3. The number of carbonyl (C=O) groups excluding carboxylic acids is 1. The zero-order chi connectivity index (χ0) is 15.8. The van der Waals surface area contributed by atoms with Gasteiger partial charge in [-0.25, -0.2) is 4.39 Å². The first-order valence-electron chi connectivity index (χ1n) is 5.88. The second-order valence-electron chi connectivity index (χ2n) is 4.49. The maximum absolute atomic E-state index is 13.5. The molecule has 6 heteroatoms. The third-order valence-electron chi connectivity index (χ3n) is 2.96. The Morgan fingerprint density at radius 2 is 1.62 bits per heavy atom. The van der Waals surface area contributed by atoms with Crippen LogP contribution in [0.25, 0.3) is 0 Å². The van der Waals surface area contributed by atoms with Crippen LogP contribution in [0.3, 0.4) is 0 Å². The van der Waals surface area contributed by atoms with Crippen LogP contribution in [0.15, 0.2) is 40.9 Å². The number of halogens is 5. The molecule has 2 aromatic carbocycles. The predicted octanol–water partition coefficient (Wildman–Crippen LogP) is 5.15. The van der Waals surface area contributed by atoms with Gasteiger partial charge >= 0.3 is 6.18 Å². The lowest BCUT2D eigenvalue weighted by Crippen LogP contribution is -2.10. The van der Waals surface area contributed by atoms with Crippen molar-refractivity contribution in [2.75, 3.05) is 0 Å². The maximum atomic E-state index is 13.5. The van der Waals surface area contributed by atoms with Gasteiger partial charge in [0.05, 0.1) is 5.56 Å². The van der Waals surface area contributed by atoms with E-state index in [9.17, 15) is 22.4 Å². The number of ketones is 1. The highest BCUT2D eigenvalue weighted by Gasteiger charge is 2.34. The van der Waals surface area contributed by atoms with E-state index in [0.29, 0.717) is 12.1 Å². The summed E-state index contributed by atoms with van der Waals surface area (Å²) in [7, 11) is 0. The number of benzene rings is 2. The summed E-state index contributed by atoms with van der Waals surface area (Å²) in [6.45, 7) is 1.77. The highest BCUT2D eigenvalue weighted by atomic mass is 79.9. The Hall–Kier alpha value is -1.69. The molecule has 0 heterocycles. The second-order valence-corrected chi connectivity index (χ2v) is 5.34. The lowest BCUT2D eigenvalue weighted by atomic mass is 10.0. The van der Waals surface area contributed by atoms with Crippen LogP contribution in [-0.2, 0) is 6.18 Å². The number of rotatable bonds is 2. The fourth-order valence-electron chi connectivity index (χ4n) is 1.84. The van der Waals surface area contributed by atoms with E-state index in [1.165, 1.54) is 6.07 Å². The fraction of sp³-hybridized carbons (Fsp3) is 0.133. The van der Waals surface area contributed by atoms with Crippen LogP contribution in [0.5, 0.6) is 0 Å². The third kappa shape index (κ3) is 3.32. The fourth-order valence-corrected chi connectivity index (χ4v) is 2.09. The molecule has 0 aliphatic rings. The minimum Gasteiger partial charge on any atom is -0.289 e. The van der Waals surface area contributed by atoms with Crippen LogP contribution in [-0.4, -0.2) is 5.78 Å². The number of carbonyl (C=O) groups is 1. The molecule has 21 heavy (non-hydrogen) atoms. The van der Waals surface area contributed by atoms with Gasteiger partial charge in [-0.3, -0.25) is 4.79 Å². The molecule has 0 fully saturated rings. The first-order valence-corrected chi connectivity index (χ1v) is 6.67. The second kappa shape index (κ2) is 5.60. The van der Waals surface area contributed by atoms with Crippen molar-refractivity contribution in [2.24, 2.45) is 0 Å². The van der Waals surface area contributed by atoms with Crippen LogP contribution in [0.1, 0.15) is 27.0 Å². The van der Waals surface area contributed by atoms with Gasteiger partial charge in [0.1, 0.15) is 5.82 Å². The van der Waals surface area contributed by atoms with E-state index in [1.54, 1.807) is 19.1 Å². The quantitative estimate of drug-likeness (QED) is 0.534. The number of alkyl halides is 3. The van der Waals surface area contributed by atoms with Gasteiger partial charge in [-0.2, -0.15) is 13.2 Å². The topological polar surface area (TPSA) is 17.1 Å². The molecule has 0 saturated carbocycles. The van der Waals surface area contributed by atoms with Crippen LogP contribution >= 0.6 is 15.9 Å². The van der Waals surface area contributed by atoms with Crippen LogP contribution in [0, 0.1) is 12.7 Å².